The summed E-state index contributed by atoms with van der Waals surface area (Å²) in [6, 6.07) is 5.24. The van der Waals surface area contributed by atoms with Gasteiger partial charge in [-0.1, -0.05) is 31.9 Å². The van der Waals surface area contributed by atoms with Crippen LogP contribution in [0.25, 0.3) is 0 Å². The van der Waals surface area contributed by atoms with E-state index in [0.717, 1.165) is 18.0 Å². The Morgan fingerprint density at radius 2 is 1.94 bits per heavy atom. The molecule has 1 N–H and O–H groups in total. The normalized spacial score (nSPS) is 24.6. The Morgan fingerprint density at radius 1 is 1.24 bits per heavy atom. The van der Waals surface area contributed by atoms with E-state index in [1.807, 2.05) is 13.0 Å². The molecule has 94 valence electrons. The molecule has 0 saturated heterocycles. The Morgan fingerprint density at radius 3 is 2.59 bits per heavy atom. The van der Waals surface area contributed by atoms with Crippen molar-refractivity contribution < 1.29 is 4.39 Å². The molecule has 0 unspecified atom stereocenters. The summed E-state index contributed by atoms with van der Waals surface area (Å²) in [5.74, 6) is 1.46. The van der Waals surface area contributed by atoms with E-state index in [-0.39, 0.29) is 5.82 Å². The van der Waals surface area contributed by atoms with Crippen molar-refractivity contribution in [3.8, 4) is 0 Å². The van der Waals surface area contributed by atoms with Gasteiger partial charge in [0.25, 0.3) is 0 Å². The van der Waals surface area contributed by atoms with Gasteiger partial charge in [0, 0.05) is 6.54 Å². The topological polar surface area (TPSA) is 12.0 Å². The maximum Gasteiger partial charge on any atom is 0.146 e. The predicted molar refractivity (Wildman–Crippen MR) is 70.7 cm³/mol. The fraction of sp³-hybridized carbons (Fsp3) is 0.600. The fourth-order valence-electron chi connectivity index (χ4n) is 2.64. The standard InChI is InChI=1S/C15H22FN/c1-11-6-8-13(9-7-11)10-17-15-12(2)4-3-5-14(15)16/h3-5,11,13,17H,6-10H2,1-2H3. The molecule has 2 heteroatoms. The summed E-state index contributed by atoms with van der Waals surface area (Å²) in [6.07, 6.45) is 5.20. The van der Waals surface area contributed by atoms with E-state index in [1.54, 1.807) is 6.07 Å². The van der Waals surface area contributed by atoms with Gasteiger partial charge in [-0.25, -0.2) is 4.39 Å². The Labute approximate surface area is 103 Å². The van der Waals surface area contributed by atoms with E-state index in [0.29, 0.717) is 11.6 Å². The van der Waals surface area contributed by atoms with Crippen LogP contribution < -0.4 is 5.32 Å². The molecule has 1 aromatic carbocycles. The molecule has 17 heavy (non-hydrogen) atoms. The van der Waals surface area contributed by atoms with Gasteiger partial charge in [0.2, 0.25) is 0 Å². The molecule has 0 amide bonds. The first-order valence-electron chi connectivity index (χ1n) is 6.66. The van der Waals surface area contributed by atoms with Gasteiger partial charge in [0.1, 0.15) is 5.82 Å². The zero-order valence-corrected chi connectivity index (χ0v) is 10.8. The zero-order valence-electron chi connectivity index (χ0n) is 10.8. The largest absolute Gasteiger partial charge is 0.382 e. The van der Waals surface area contributed by atoms with Gasteiger partial charge in [-0.2, -0.15) is 0 Å². The predicted octanol–water partition coefficient (Wildman–Crippen LogP) is 4.37. The van der Waals surface area contributed by atoms with Crippen molar-refractivity contribution in [3.05, 3.63) is 29.6 Å². The van der Waals surface area contributed by atoms with Gasteiger partial charge in [0.05, 0.1) is 5.69 Å². The molecule has 0 radical (unpaired) electrons. The lowest BCUT2D eigenvalue weighted by Crippen LogP contribution is -2.20. The minimum Gasteiger partial charge on any atom is -0.382 e. The van der Waals surface area contributed by atoms with Gasteiger partial charge in [-0.15, -0.1) is 0 Å². The number of nitrogens with one attached hydrogen (secondary N) is 1. The number of anilines is 1. The van der Waals surface area contributed by atoms with E-state index < -0.39 is 0 Å². The van der Waals surface area contributed by atoms with Crippen LogP contribution >= 0.6 is 0 Å². The zero-order chi connectivity index (χ0) is 12.3. The quantitative estimate of drug-likeness (QED) is 0.820. The molecule has 1 fully saturated rings. The van der Waals surface area contributed by atoms with Crippen LogP contribution in [0.5, 0.6) is 0 Å². The average molecular weight is 235 g/mol. The van der Waals surface area contributed by atoms with Crippen molar-refractivity contribution in [2.24, 2.45) is 11.8 Å². The van der Waals surface area contributed by atoms with Crippen LogP contribution in [0.1, 0.15) is 38.2 Å². The molecule has 1 nitrogen and oxygen atoms in total. The Balaban J connectivity index is 1.89. The number of halogens is 1. The fourth-order valence-corrected chi connectivity index (χ4v) is 2.64. The lowest BCUT2D eigenvalue weighted by Gasteiger charge is -2.26. The maximum atomic E-state index is 13.6. The van der Waals surface area contributed by atoms with Crippen molar-refractivity contribution in [1.29, 1.82) is 0 Å². The summed E-state index contributed by atoms with van der Waals surface area (Å²) in [6.45, 7) is 5.19. The third-order valence-electron chi connectivity index (χ3n) is 3.92. The molecule has 2 rings (SSSR count). The van der Waals surface area contributed by atoms with Crippen molar-refractivity contribution in [3.63, 3.8) is 0 Å². The lowest BCUT2D eigenvalue weighted by atomic mass is 9.83. The van der Waals surface area contributed by atoms with Gasteiger partial charge < -0.3 is 5.32 Å². The Kier molecular flexibility index (Phi) is 4.03. The third kappa shape index (κ3) is 3.21. The number of benzene rings is 1. The van der Waals surface area contributed by atoms with Crippen LogP contribution in [0.2, 0.25) is 0 Å². The first-order valence-corrected chi connectivity index (χ1v) is 6.66. The van der Waals surface area contributed by atoms with E-state index in [4.69, 9.17) is 0 Å². The van der Waals surface area contributed by atoms with Crippen LogP contribution in [0, 0.1) is 24.6 Å². The number of aryl methyl sites for hydroxylation is 1. The van der Waals surface area contributed by atoms with E-state index in [1.165, 1.54) is 31.7 Å². The first-order chi connectivity index (χ1) is 8.16. The Bertz CT molecular complexity index is 347. The second kappa shape index (κ2) is 5.52. The summed E-state index contributed by atoms with van der Waals surface area (Å²) in [5, 5.41) is 3.29. The smallest absolute Gasteiger partial charge is 0.146 e. The van der Waals surface area contributed by atoms with Crippen molar-refractivity contribution in [2.75, 3.05) is 11.9 Å². The van der Waals surface area contributed by atoms with Gasteiger partial charge in [-0.3, -0.25) is 0 Å². The molecule has 0 bridgehead atoms. The highest BCUT2D eigenvalue weighted by molar-refractivity contribution is 5.51. The summed E-state index contributed by atoms with van der Waals surface area (Å²) >= 11 is 0. The highest BCUT2D eigenvalue weighted by Gasteiger charge is 2.18. The number of hydrogen-bond donors (Lipinski definition) is 1. The first kappa shape index (κ1) is 12.4. The van der Waals surface area contributed by atoms with E-state index >= 15 is 0 Å². The van der Waals surface area contributed by atoms with Crippen LogP contribution in [-0.4, -0.2) is 6.54 Å². The number of hydrogen-bond acceptors (Lipinski definition) is 1. The highest BCUT2D eigenvalue weighted by atomic mass is 19.1. The SMILES string of the molecule is Cc1cccc(F)c1NCC1CCC(C)CC1. The van der Waals surface area contributed by atoms with Crippen molar-refractivity contribution in [2.45, 2.75) is 39.5 Å². The molecule has 0 aromatic heterocycles. The van der Waals surface area contributed by atoms with Crippen LogP contribution in [0.3, 0.4) is 0 Å². The van der Waals surface area contributed by atoms with Crippen molar-refractivity contribution >= 4 is 5.69 Å². The summed E-state index contributed by atoms with van der Waals surface area (Å²) < 4.78 is 13.6. The van der Waals surface area contributed by atoms with Gasteiger partial charge in [-0.05, 0) is 43.2 Å². The minimum absolute atomic E-state index is 0.130. The molecule has 0 aliphatic heterocycles. The van der Waals surface area contributed by atoms with Gasteiger partial charge >= 0.3 is 0 Å². The number of rotatable bonds is 3. The van der Waals surface area contributed by atoms with Crippen LogP contribution in [0.4, 0.5) is 10.1 Å². The monoisotopic (exact) mass is 235 g/mol. The average Bonchev–Trinajstić information content (AvgIpc) is 2.31. The van der Waals surface area contributed by atoms with E-state index in [2.05, 4.69) is 12.2 Å². The van der Waals surface area contributed by atoms with E-state index in [9.17, 15) is 4.39 Å². The second-order valence-corrected chi connectivity index (χ2v) is 5.44. The summed E-state index contributed by atoms with van der Waals surface area (Å²) in [5.41, 5.74) is 1.68. The maximum absolute atomic E-state index is 13.6. The van der Waals surface area contributed by atoms with Gasteiger partial charge in [0.15, 0.2) is 0 Å². The molecular formula is C15H22FN. The summed E-state index contributed by atoms with van der Waals surface area (Å²) in [4.78, 5) is 0. The summed E-state index contributed by atoms with van der Waals surface area (Å²) in [7, 11) is 0. The lowest BCUT2D eigenvalue weighted by molar-refractivity contribution is 0.300. The second-order valence-electron chi connectivity index (χ2n) is 5.44. The Hall–Kier alpha value is -1.05. The van der Waals surface area contributed by atoms with Crippen LogP contribution in [-0.2, 0) is 0 Å². The number of para-hydroxylation sites is 1. The molecule has 0 heterocycles. The molecule has 1 aromatic rings. The molecule has 1 saturated carbocycles. The molecule has 0 spiro atoms. The molecule has 1 aliphatic rings. The minimum atomic E-state index is -0.130. The molecule has 1 aliphatic carbocycles. The van der Waals surface area contributed by atoms with Crippen LogP contribution in [0.15, 0.2) is 18.2 Å². The van der Waals surface area contributed by atoms with Crippen molar-refractivity contribution in [1.82, 2.24) is 0 Å². The molecule has 0 atom stereocenters. The molecular weight excluding hydrogens is 213 g/mol. The highest BCUT2D eigenvalue weighted by Crippen LogP contribution is 2.29. The third-order valence-corrected chi connectivity index (χ3v) is 3.92.